The van der Waals surface area contributed by atoms with E-state index in [9.17, 15) is 4.79 Å². The average molecular weight is 250 g/mol. The number of nitrogens with zero attached hydrogens (tertiary/aromatic N) is 2. The van der Waals surface area contributed by atoms with Crippen molar-refractivity contribution in [1.29, 1.82) is 0 Å². The number of carbonyl (C=O) groups excluding carboxylic acids is 1. The second-order valence-corrected chi connectivity index (χ2v) is 5.01. The Morgan fingerprint density at radius 1 is 1.56 bits per heavy atom. The first-order valence-corrected chi connectivity index (χ1v) is 6.61. The molecule has 2 N–H and O–H groups in total. The molecule has 1 aromatic heterocycles. The number of aryl methyl sites for hydroxylation is 2. The Balaban J connectivity index is 1.87. The minimum absolute atomic E-state index is 0.00361. The van der Waals surface area contributed by atoms with E-state index in [4.69, 9.17) is 0 Å². The third-order valence-electron chi connectivity index (χ3n) is 3.68. The van der Waals surface area contributed by atoms with Crippen molar-refractivity contribution in [3.8, 4) is 0 Å². The van der Waals surface area contributed by atoms with Crippen LogP contribution in [-0.2, 0) is 7.05 Å². The highest BCUT2D eigenvalue weighted by atomic mass is 16.1. The molecule has 0 radical (unpaired) electrons. The molecule has 1 aliphatic heterocycles. The number of nitrogens with one attached hydrogen (secondary N) is 2. The first-order valence-electron chi connectivity index (χ1n) is 6.61. The number of carbonyl (C=O) groups is 1. The van der Waals surface area contributed by atoms with Crippen LogP contribution in [0.15, 0.2) is 0 Å². The van der Waals surface area contributed by atoms with Gasteiger partial charge in [0.1, 0.15) is 0 Å². The summed E-state index contributed by atoms with van der Waals surface area (Å²) in [6.45, 7) is 5.64. The topological polar surface area (TPSA) is 59.0 Å². The fourth-order valence-electron chi connectivity index (χ4n) is 2.55. The average Bonchev–Trinajstić information content (AvgIpc) is 2.89. The van der Waals surface area contributed by atoms with Crippen molar-refractivity contribution in [3.63, 3.8) is 0 Å². The van der Waals surface area contributed by atoms with Crippen LogP contribution in [0.5, 0.6) is 0 Å². The molecule has 1 unspecified atom stereocenters. The largest absolute Gasteiger partial charge is 0.352 e. The third-order valence-corrected chi connectivity index (χ3v) is 3.68. The Morgan fingerprint density at radius 3 is 2.89 bits per heavy atom. The Morgan fingerprint density at radius 2 is 2.33 bits per heavy atom. The maximum Gasteiger partial charge on any atom is 0.255 e. The van der Waals surface area contributed by atoms with Crippen molar-refractivity contribution in [2.24, 2.45) is 7.05 Å². The molecule has 1 amide bonds. The van der Waals surface area contributed by atoms with Crippen molar-refractivity contribution >= 4 is 5.91 Å². The summed E-state index contributed by atoms with van der Waals surface area (Å²) in [6, 6.07) is 0.571. The van der Waals surface area contributed by atoms with Gasteiger partial charge in [-0.15, -0.1) is 0 Å². The molecule has 5 nitrogen and oxygen atoms in total. The number of hydrogen-bond donors (Lipinski definition) is 2. The summed E-state index contributed by atoms with van der Waals surface area (Å²) in [4.78, 5) is 12.1. The van der Waals surface area contributed by atoms with Gasteiger partial charge in [0.15, 0.2) is 0 Å². The van der Waals surface area contributed by atoms with Gasteiger partial charge in [0.05, 0.1) is 11.3 Å². The van der Waals surface area contributed by atoms with Gasteiger partial charge in [-0.25, -0.2) is 0 Å². The van der Waals surface area contributed by atoms with Gasteiger partial charge in [-0.05, 0) is 39.7 Å². The van der Waals surface area contributed by atoms with E-state index in [-0.39, 0.29) is 5.91 Å². The molecule has 1 aromatic rings. The van der Waals surface area contributed by atoms with Gasteiger partial charge in [0, 0.05) is 25.3 Å². The first-order chi connectivity index (χ1) is 8.59. The van der Waals surface area contributed by atoms with Crippen molar-refractivity contribution in [2.75, 3.05) is 13.1 Å². The second-order valence-electron chi connectivity index (χ2n) is 5.01. The number of aromatic nitrogens is 2. The summed E-state index contributed by atoms with van der Waals surface area (Å²) >= 11 is 0. The maximum atomic E-state index is 12.1. The van der Waals surface area contributed by atoms with E-state index in [0.717, 1.165) is 36.5 Å². The van der Waals surface area contributed by atoms with E-state index in [1.54, 1.807) is 4.68 Å². The Bertz CT molecular complexity index is 432. The van der Waals surface area contributed by atoms with Crippen LogP contribution in [0.25, 0.3) is 0 Å². The fourth-order valence-corrected chi connectivity index (χ4v) is 2.55. The molecule has 2 rings (SSSR count). The maximum absolute atomic E-state index is 12.1. The van der Waals surface area contributed by atoms with Crippen LogP contribution in [0, 0.1) is 13.8 Å². The van der Waals surface area contributed by atoms with E-state index < -0.39 is 0 Å². The molecule has 1 saturated heterocycles. The van der Waals surface area contributed by atoms with Crippen LogP contribution in [0.1, 0.15) is 41.0 Å². The van der Waals surface area contributed by atoms with Gasteiger partial charge in [0.2, 0.25) is 0 Å². The molecule has 18 heavy (non-hydrogen) atoms. The van der Waals surface area contributed by atoms with Crippen LogP contribution in [0.4, 0.5) is 0 Å². The lowest BCUT2D eigenvalue weighted by atomic mass is 10.1. The van der Waals surface area contributed by atoms with E-state index >= 15 is 0 Å². The second kappa shape index (κ2) is 5.52. The van der Waals surface area contributed by atoms with Crippen molar-refractivity contribution in [1.82, 2.24) is 20.4 Å². The number of amides is 1. The van der Waals surface area contributed by atoms with Crippen LogP contribution < -0.4 is 10.6 Å². The predicted molar refractivity (Wildman–Crippen MR) is 70.7 cm³/mol. The zero-order valence-corrected chi connectivity index (χ0v) is 11.4. The van der Waals surface area contributed by atoms with E-state index in [0.29, 0.717) is 6.04 Å². The minimum Gasteiger partial charge on any atom is -0.352 e. The highest BCUT2D eigenvalue weighted by molar-refractivity contribution is 5.96. The van der Waals surface area contributed by atoms with Crippen molar-refractivity contribution in [3.05, 3.63) is 17.0 Å². The fraction of sp³-hybridized carbons (Fsp3) is 0.692. The molecule has 100 valence electrons. The van der Waals surface area contributed by atoms with Gasteiger partial charge in [-0.2, -0.15) is 5.10 Å². The van der Waals surface area contributed by atoms with Crippen molar-refractivity contribution in [2.45, 2.75) is 39.2 Å². The SMILES string of the molecule is Cc1nn(C)c(C)c1C(=O)NCCC1CCCN1. The number of rotatable bonds is 4. The molecular weight excluding hydrogens is 228 g/mol. The first kappa shape index (κ1) is 13.1. The molecule has 0 saturated carbocycles. The summed E-state index contributed by atoms with van der Waals surface area (Å²) in [5, 5.41) is 10.7. The number of hydrogen-bond acceptors (Lipinski definition) is 3. The molecule has 0 bridgehead atoms. The van der Waals surface area contributed by atoms with Crippen LogP contribution in [0.2, 0.25) is 0 Å². The lowest BCUT2D eigenvalue weighted by molar-refractivity contribution is 0.0951. The van der Waals surface area contributed by atoms with Gasteiger partial charge in [-0.3, -0.25) is 9.48 Å². The molecule has 1 aliphatic rings. The minimum atomic E-state index is -0.00361. The van der Waals surface area contributed by atoms with E-state index in [1.165, 1.54) is 12.8 Å². The molecule has 1 fully saturated rings. The summed E-state index contributed by atoms with van der Waals surface area (Å²) in [6.07, 6.45) is 3.48. The predicted octanol–water partition coefficient (Wildman–Crippen LogP) is 0.909. The molecule has 0 spiro atoms. The molecular formula is C13H22N4O. The molecule has 2 heterocycles. The zero-order valence-electron chi connectivity index (χ0n) is 11.4. The smallest absolute Gasteiger partial charge is 0.255 e. The van der Waals surface area contributed by atoms with Crippen LogP contribution in [0.3, 0.4) is 0 Å². The molecule has 0 aliphatic carbocycles. The highest BCUT2D eigenvalue weighted by Crippen LogP contribution is 2.12. The monoisotopic (exact) mass is 250 g/mol. The summed E-state index contributed by atoms with van der Waals surface area (Å²) in [5.41, 5.74) is 2.44. The third kappa shape index (κ3) is 2.72. The van der Waals surface area contributed by atoms with Gasteiger partial charge >= 0.3 is 0 Å². The summed E-state index contributed by atoms with van der Waals surface area (Å²) < 4.78 is 1.75. The zero-order chi connectivity index (χ0) is 13.1. The molecule has 5 heteroatoms. The Kier molecular flexibility index (Phi) is 4.01. The summed E-state index contributed by atoms with van der Waals surface area (Å²) in [5.74, 6) is -0.00361. The van der Waals surface area contributed by atoms with Crippen LogP contribution >= 0.6 is 0 Å². The lowest BCUT2D eigenvalue weighted by Gasteiger charge is -2.10. The Labute approximate surface area is 108 Å². The van der Waals surface area contributed by atoms with Crippen molar-refractivity contribution < 1.29 is 4.79 Å². The molecule has 1 atom stereocenters. The lowest BCUT2D eigenvalue weighted by Crippen LogP contribution is -2.31. The quantitative estimate of drug-likeness (QED) is 0.835. The van der Waals surface area contributed by atoms with Crippen LogP contribution in [-0.4, -0.2) is 34.8 Å². The Hall–Kier alpha value is -1.36. The van der Waals surface area contributed by atoms with Gasteiger partial charge in [-0.1, -0.05) is 0 Å². The van der Waals surface area contributed by atoms with Gasteiger partial charge in [0.25, 0.3) is 5.91 Å². The normalized spacial score (nSPS) is 19.2. The highest BCUT2D eigenvalue weighted by Gasteiger charge is 2.18. The standard InChI is InChI=1S/C13H22N4O/c1-9-12(10(2)17(3)16-9)13(18)15-8-6-11-5-4-7-14-11/h11,14H,4-8H2,1-3H3,(H,15,18). The summed E-state index contributed by atoms with van der Waals surface area (Å²) in [7, 11) is 1.86. The van der Waals surface area contributed by atoms with E-state index in [2.05, 4.69) is 15.7 Å². The van der Waals surface area contributed by atoms with Gasteiger partial charge < -0.3 is 10.6 Å². The molecule has 0 aromatic carbocycles. The van der Waals surface area contributed by atoms with E-state index in [1.807, 2.05) is 20.9 Å².